The largest absolute Gasteiger partial charge is 0.416 e. The number of fused-ring (bicyclic) bond motifs is 1. The number of nitrogens with one attached hydrogen (secondary N) is 1. The molecule has 0 aliphatic rings. The number of nitrogens with zero attached hydrogens (tertiary/aromatic N) is 2. The first kappa shape index (κ1) is 18.0. The van der Waals surface area contributed by atoms with Crippen molar-refractivity contribution in [3.05, 3.63) is 66.0 Å². The van der Waals surface area contributed by atoms with Crippen LogP contribution in [-0.4, -0.2) is 10.5 Å². The minimum Gasteiger partial charge on any atom is -0.321 e. The third-order valence-corrected chi connectivity index (χ3v) is 4.14. The van der Waals surface area contributed by atoms with Gasteiger partial charge < -0.3 is 5.32 Å². The molecule has 0 atom stereocenters. The van der Waals surface area contributed by atoms with Crippen LogP contribution < -0.4 is 9.88 Å². The Kier molecular flexibility index (Phi) is 4.73. The summed E-state index contributed by atoms with van der Waals surface area (Å²) in [6.45, 7) is 3.62. The van der Waals surface area contributed by atoms with Crippen molar-refractivity contribution in [2.75, 3.05) is 5.32 Å². The monoisotopic (exact) mass is 380 g/mol. The van der Waals surface area contributed by atoms with E-state index in [2.05, 4.69) is 11.9 Å². The molecule has 4 nitrogen and oxygen atoms in total. The van der Waals surface area contributed by atoms with E-state index in [-0.39, 0.29) is 17.3 Å². The summed E-state index contributed by atoms with van der Waals surface area (Å²) in [5.41, 5.74) is 0.678. The SMILES string of the molecule is C=Cn1c[n+](CC(=O)Nc2cc(C(F)(F)F)ccc2Cl)c2ccccc21. The van der Waals surface area contributed by atoms with Crippen LogP contribution >= 0.6 is 11.6 Å². The molecule has 3 aromatic rings. The topological polar surface area (TPSA) is 37.9 Å². The van der Waals surface area contributed by atoms with E-state index < -0.39 is 17.6 Å². The van der Waals surface area contributed by atoms with Gasteiger partial charge in [0, 0.05) is 0 Å². The molecule has 2 aromatic carbocycles. The molecule has 1 heterocycles. The van der Waals surface area contributed by atoms with Crippen LogP contribution in [0.5, 0.6) is 0 Å². The molecule has 8 heteroatoms. The first-order valence-electron chi connectivity index (χ1n) is 7.58. The van der Waals surface area contributed by atoms with E-state index in [0.717, 1.165) is 29.2 Å². The second-order valence-electron chi connectivity index (χ2n) is 5.56. The maximum Gasteiger partial charge on any atom is 0.416 e. The molecule has 1 N–H and O–H groups in total. The molecule has 0 fully saturated rings. The molecular formula is C18H14ClF3N3O+. The number of alkyl halides is 3. The Labute approximate surface area is 152 Å². The molecule has 0 saturated heterocycles. The van der Waals surface area contributed by atoms with E-state index in [1.165, 1.54) is 0 Å². The summed E-state index contributed by atoms with van der Waals surface area (Å²) in [7, 11) is 0. The van der Waals surface area contributed by atoms with Crippen LogP contribution in [-0.2, 0) is 17.5 Å². The molecule has 1 aromatic heterocycles. The summed E-state index contributed by atoms with van der Waals surface area (Å²) in [6, 6.07) is 10.2. The molecule has 26 heavy (non-hydrogen) atoms. The summed E-state index contributed by atoms with van der Waals surface area (Å²) in [6.07, 6.45) is -1.23. The van der Waals surface area contributed by atoms with Crippen molar-refractivity contribution < 1.29 is 22.5 Å². The number of amides is 1. The minimum absolute atomic E-state index is 0.0323. The van der Waals surface area contributed by atoms with Gasteiger partial charge in [0.2, 0.25) is 6.33 Å². The van der Waals surface area contributed by atoms with Gasteiger partial charge in [-0.2, -0.15) is 13.2 Å². The highest BCUT2D eigenvalue weighted by Crippen LogP contribution is 2.33. The van der Waals surface area contributed by atoms with Gasteiger partial charge in [0.15, 0.2) is 17.6 Å². The van der Waals surface area contributed by atoms with Gasteiger partial charge >= 0.3 is 6.18 Å². The first-order valence-corrected chi connectivity index (χ1v) is 7.95. The number of rotatable bonds is 4. The van der Waals surface area contributed by atoms with Crippen molar-refractivity contribution in [1.29, 1.82) is 0 Å². The van der Waals surface area contributed by atoms with Crippen LogP contribution in [0.15, 0.2) is 55.4 Å². The molecule has 0 aliphatic heterocycles. The Hall–Kier alpha value is -2.80. The van der Waals surface area contributed by atoms with Crippen LogP contribution in [0.1, 0.15) is 5.56 Å². The number of para-hydroxylation sites is 2. The fourth-order valence-electron chi connectivity index (χ4n) is 2.61. The molecule has 0 aliphatic carbocycles. The van der Waals surface area contributed by atoms with Gasteiger partial charge in [-0.15, -0.1) is 0 Å². The van der Waals surface area contributed by atoms with E-state index in [1.807, 2.05) is 24.3 Å². The van der Waals surface area contributed by atoms with E-state index in [1.54, 1.807) is 21.7 Å². The number of anilines is 1. The van der Waals surface area contributed by atoms with Gasteiger partial charge in [-0.25, -0.2) is 9.13 Å². The highest BCUT2D eigenvalue weighted by Gasteiger charge is 2.31. The second kappa shape index (κ2) is 6.84. The minimum atomic E-state index is -4.52. The van der Waals surface area contributed by atoms with Gasteiger partial charge in [-0.1, -0.05) is 30.3 Å². The number of aromatic nitrogens is 2. The van der Waals surface area contributed by atoms with Crippen molar-refractivity contribution >= 4 is 40.4 Å². The van der Waals surface area contributed by atoms with E-state index in [4.69, 9.17) is 11.6 Å². The average Bonchev–Trinajstić information content (AvgIpc) is 2.94. The number of hydrogen-bond acceptors (Lipinski definition) is 1. The average molecular weight is 381 g/mol. The predicted molar refractivity (Wildman–Crippen MR) is 93.6 cm³/mol. The normalized spacial score (nSPS) is 11.5. The van der Waals surface area contributed by atoms with Crippen LogP contribution in [0.2, 0.25) is 5.02 Å². The Morgan fingerprint density at radius 1 is 1.27 bits per heavy atom. The zero-order valence-corrected chi connectivity index (χ0v) is 14.2. The van der Waals surface area contributed by atoms with E-state index in [9.17, 15) is 18.0 Å². The molecular weight excluding hydrogens is 367 g/mol. The maximum atomic E-state index is 12.8. The Morgan fingerprint density at radius 2 is 2.00 bits per heavy atom. The summed E-state index contributed by atoms with van der Waals surface area (Å²) >= 11 is 5.91. The van der Waals surface area contributed by atoms with Crippen LogP contribution in [0.3, 0.4) is 0 Å². The molecule has 0 bridgehead atoms. The molecule has 1 amide bonds. The molecule has 0 unspecified atom stereocenters. The van der Waals surface area contributed by atoms with Crippen molar-refractivity contribution in [3.63, 3.8) is 0 Å². The van der Waals surface area contributed by atoms with Gasteiger partial charge in [-0.3, -0.25) is 4.79 Å². The quantitative estimate of drug-likeness (QED) is 0.672. The Bertz CT molecular complexity index is 995. The highest BCUT2D eigenvalue weighted by atomic mass is 35.5. The number of carbonyl (C=O) groups is 1. The Morgan fingerprint density at radius 3 is 2.69 bits per heavy atom. The lowest BCUT2D eigenvalue weighted by Gasteiger charge is -2.11. The van der Waals surface area contributed by atoms with Crippen LogP contribution in [0.25, 0.3) is 17.2 Å². The van der Waals surface area contributed by atoms with Gasteiger partial charge in [0.1, 0.15) is 0 Å². The fraction of sp³-hybridized carbons (Fsp3) is 0.111. The van der Waals surface area contributed by atoms with Crippen molar-refractivity contribution in [2.45, 2.75) is 12.7 Å². The fourth-order valence-corrected chi connectivity index (χ4v) is 2.78. The lowest BCUT2D eigenvalue weighted by Crippen LogP contribution is -2.39. The Balaban J connectivity index is 1.85. The highest BCUT2D eigenvalue weighted by molar-refractivity contribution is 6.33. The summed E-state index contributed by atoms with van der Waals surface area (Å²) < 4.78 is 41.9. The number of hydrogen-bond donors (Lipinski definition) is 1. The molecule has 0 saturated carbocycles. The number of halogens is 4. The van der Waals surface area contributed by atoms with Crippen LogP contribution in [0, 0.1) is 0 Å². The zero-order chi connectivity index (χ0) is 18.9. The lowest BCUT2D eigenvalue weighted by molar-refractivity contribution is -0.658. The summed E-state index contributed by atoms with van der Waals surface area (Å²) in [5.74, 6) is -0.497. The molecule has 0 spiro atoms. The number of carbonyl (C=O) groups excluding carboxylic acids is 1. The standard InChI is InChI=1S/C18H13ClF3N3O/c1-2-24-11-25(16-6-4-3-5-15(16)24)10-17(26)23-14-9-12(18(20,21)22)7-8-13(14)19/h2-9,11H,1,10H2/p+1. The molecule has 3 rings (SSSR count). The van der Waals surface area contributed by atoms with Crippen molar-refractivity contribution in [1.82, 2.24) is 4.57 Å². The second-order valence-corrected chi connectivity index (χ2v) is 5.97. The van der Waals surface area contributed by atoms with E-state index in [0.29, 0.717) is 0 Å². The van der Waals surface area contributed by atoms with Crippen LogP contribution in [0.4, 0.5) is 18.9 Å². The summed E-state index contributed by atoms with van der Waals surface area (Å²) in [4.78, 5) is 12.3. The maximum absolute atomic E-state index is 12.8. The third-order valence-electron chi connectivity index (χ3n) is 3.81. The number of benzene rings is 2. The summed E-state index contributed by atoms with van der Waals surface area (Å²) in [5, 5.41) is 2.47. The van der Waals surface area contributed by atoms with Gasteiger partial charge in [0.25, 0.3) is 5.91 Å². The zero-order valence-electron chi connectivity index (χ0n) is 13.4. The van der Waals surface area contributed by atoms with Gasteiger partial charge in [-0.05, 0) is 30.3 Å². The third kappa shape index (κ3) is 3.57. The molecule has 134 valence electrons. The first-order chi connectivity index (χ1) is 12.3. The number of imidazole rings is 1. The smallest absolute Gasteiger partial charge is 0.321 e. The van der Waals surface area contributed by atoms with Gasteiger partial charge in [0.05, 0.1) is 22.5 Å². The molecule has 0 radical (unpaired) electrons. The van der Waals surface area contributed by atoms with Crippen molar-refractivity contribution in [2.24, 2.45) is 0 Å². The van der Waals surface area contributed by atoms with E-state index >= 15 is 0 Å². The van der Waals surface area contributed by atoms with Crippen molar-refractivity contribution in [3.8, 4) is 0 Å². The predicted octanol–water partition coefficient (Wildman–Crippen LogP) is 4.34. The lowest BCUT2D eigenvalue weighted by atomic mass is 10.2.